The van der Waals surface area contributed by atoms with Crippen LogP contribution in [0.15, 0.2) is 73.1 Å². The number of likely N-dealkylation sites (tertiary alicyclic amines) is 2. The van der Waals surface area contributed by atoms with Crippen molar-refractivity contribution in [3.05, 3.63) is 107 Å². The summed E-state index contributed by atoms with van der Waals surface area (Å²) in [5.41, 5.74) is -0.215. The minimum Gasteiger partial charge on any atom is -0.464 e. The number of esters is 2. The van der Waals surface area contributed by atoms with Crippen LogP contribution in [-0.4, -0.2) is 126 Å². The van der Waals surface area contributed by atoms with Crippen LogP contribution in [0.25, 0.3) is 33.4 Å². The number of nitriles is 2. The summed E-state index contributed by atoms with van der Waals surface area (Å²) in [6.45, 7) is 0.823. The maximum atomic E-state index is 12.2. The van der Waals surface area contributed by atoms with Gasteiger partial charge in [0.15, 0.2) is 22.7 Å². The SMILES string of the molecule is COC(=O)c1nn(-c2cc(C#N)cc(C#C[C@]3(O)CCN(C)C3=O)c2)c2ncccc12.COC(=O)c1nn(-c2cc(C#N)cc(C#C[C@]3(O)CCN(C)C3=O)c2)c2ncccc12. The first-order chi connectivity index (χ1) is 29.7. The number of hydrogen-bond donors (Lipinski definition) is 2. The summed E-state index contributed by atoms with van der Waals surface area (Å²) in [7, 11) is 5.73. The zero-order valence-electron chi connectivity index (χ0n) is 33.6. The van der Waals surface area contributed by atoms with E-state index >= 15 is 0 Å². The molecule has 0 radical (unpaired) electrons. The molecule has 2 aliphatic heterocycles. The number of amides is 2. The Hall–Kier alpha value is -8.42. The van der Waals surface area contributed by atoms with E-state index in [-0.39, 0.29) is 24.2 Å². The molecule has 6 aromatic rings. The molecular weight excluding hydrogens is 797 g/mol. The molecule has 4 aromatic heterocycles. The summed E-state index contributed by atoms with van der Waals surface area (Å²) in [5.74, 6) is 8.74. The van der Waals surface area contributed by atoms with Crippen LogP contribution in [0.1, 0.15) is 56.1 Å². The summed E-state index contributed by atoms with van der Waals surface area (Å²) in [5, 5.41) is 49.6. The van der Waals surface area contributed by atoms with Crippen LogP contribution in [0, 0.1) is 46.3 Å². The van der Waals surface area contributed by atoms with E-state index in [4.69, 9.17) is 9.47 Å². The summed E-state index contributed by atoms with van der Waals surface area (Å²) in [6.07, 6.45) is 3.54. The molecule has 18 nitrogen and oxygen atoms in total. The fraction of sp³-hybridized carbons (Fsp3) is 0.227. The lowest BCUT2D eigenvalue weighted by Crippen LogP contribution is -2.37. The van der Waals surface area contributed by atoms with E-state index in [1.807, 2.05) is 0 Å². The highest BCUT2D eigenvalue weighted by molar-refractivity contribution is 6.02. The number of likely N-dealkylation sites (N-methyl/N-ethyl adjacent to an activating group) is 2. The molecule has 0 unspecified atom stereocenters. The topological polar surface area (TPSA) is 243 Å². The standard InChI is InChI=1S/2C22H17N5O4/c2*1-26-9-7-22(30,21(26)29)6-5-14-10-15(13-23)12-16(11-14)27-19-17(4-3-8-24-19)18(25-27)20(28)31-2/h2*3-4,8,10-12,30H,7,9H2,1-2H3/t2*22-/m00/s1. The number of ether oxygens (including phenoxy) is 2. The number of fused-ring (bicyclic) bond motifs is 2. The Kier molecular flexibility index (Phi) is 11.2. The third-order valence-electron chi connectivity index (χ3n) is 10.1. The number of methoxy groups -OCH3 is 2. The van der Waals surface area contributed by atoms with Gasteiger partial charge < -0.3 is 29.5 Å². The van der Waals surface area contributed by atoms with Crippen LogP contribution in [0.2, 0.25) is 0 Å². The van der Waals surface area contributed by atoms with E-state index in [1.54, 1.807) is 87.2 Å². The molecule has 0 spiro atoms. The molecule has 0 aliphatic carbocycles. The first-order valence-electron chi connectivity index (χ1n) is 18.7. The first-order valence-corrected chi connectivity index (χ1v) is 18.7. The van der Waals surface area contributed by atoms with Gasteiger partial charge in [-0.1, -0.05) is 23.7 Å². The zero-order valence-corrected chi connectivity index (χ0v) is 33.6. The summed E-state index contributed by atoms with van der Waals surface area (Å²) >= 11 is 0. The highest BCUT2D eigenvalue weighted by Crippen LogP contribution is 2.26. The Labute approximate surface area is 353 Å². The maximum absolute atomic E-state index is 12.2. The number of benzene rings is 2. The molecule has 2 amide bonds. The molecule has 8 rings (SSSR count). The van der Waals surface area contributed by atoms with Gasteiger partial charge in [-0.2, -0.15) is 20.7 Å². The van der Waals surface area contributed by atoms with Crippen molar-refractivity contribution >= 4 is 45.8 Å². The van der Waals surface area contributed by atoms with Gasteiger partial charge in [-0.3, -0.25) is 9.59 Å². The molecule has 2 fully saturated rings. The maximum Gasteiger partial charge on any atom is 0.359 e. The van der Waals surface area contributed by atoms with Crippen molar-refractivity contribution in [2.75, 3.05) is 41.4 Å². The number of hydrogen-bond acceptors (Lipinski definition) is 14. The zero-order chi connectivity index (χ0) is 44.3. The van der Waals surface area contributed by atoms with Crippen LogP contribution in [0.4, 0.5) is 0 Å². The summed E-state index contributed by atoms with van der Waals surface area (Å²) < 4.78 is 12.5. The fourth-order valence-electron chi connectivity index (χ4n) is 6.79. The van der Waals surface area contributed by atoms with Gasteiger partial charge in [0.1, 0.15) is 0 Å². The normalized spacial score (nSPS) is 17.9. The van der Waals surface area contributed by atoms with Crippen LogP contribution in [0.3, 0.4) is 0 Å². The molecule has 62 heavy (non-hydrogen) atoms. The fourth-order valence-corrected chi connectivity index (χ4v) is 6.79. The summed E-state index contributed by atoms with van der Waals surface area (Å²) in [6, 6.07) is 20.4. The lowest BCUT2D eigenvalue weighted by molar-refractivity contribution is -0.138. The number of pyridine rings is 2. The molecule has 6 heterocycles. The van der Waals surface area contributed by atoms with Crippen LogP contribution >= 0.6 is 0 Å². The van der Waals surface area contributed by atoms with E-state index in [1.165, 1.54) is 33.4 Å². The Morgan fingerprint density at radius 1 is 0.661 bits per heavy atom. The predicted octanol–water partition coefficient (Wildman–Crippen LogP) is 2.05. The van der Waals surface area contributed by atoms with Crippen molar-refractivity contribution < 1.29 is 38.9 Å². The highest BCUT2D eigenvalue weighted by Gasteiger charge is 2.43. The average Bonchev–Trinajstić information content (AvgIpc) is 4.03. The van der Waals surface area contributed by atoms with Gasteiger partial charge in [0.05, 0.1) is 59.6 Å². The second-order valence-electron chi connectivity index (χ2n) is 14.2. The van der Waals surface area contributed by atoms with Crippen molar-refractivity contribution in [1.82, 2.24) is 39.3 Å². The second kappa shape index (κ2) is 16.7. The minimum atomic E-state index is -1.75. The smallest absolute Gasteiger partial charge is 0.359 e. The quantitative estimate of drug-likeness (QED) is 0.191. The van der Waals surface area contributed by atoms with Crippen molar-refractivity contribution in [3.8, 4) is 47.2 Å². The average molecular weight is 831 g/mol. The van der Waals surface area contributed by atoms with Crippen molar-refractivity contribution in [2.45, 2.75) is 24.0 Å². The molecule has 2 aliphatic rings. The largest absolute Gasteiger partial charge is 0.464 e. The molecule has 2 atom stereocenters. The lowest BCUT2D eigenvalue weighted by atomic mass is 10.0. The Morgan fingerprint density at radius 2 is 1.05 bits per heavy atom. The molecular formula is C44H34N10O8. The number of nitrogens with zero attached hydrogens (tertiary/aromatic N) is 10. The monoisotopic (exact) mass is 830 g/mol. The highest BCUT2D eigenvalue weighted by atomic mass is 16.5. The van der Waals surface area contributed by atoms with Crippen LogP contribution < -0.4 is 0 Å². The second-order valence-corrected chi connectivity index (χ2v) is 14.2. The van der Waals surface area contributed by atoms with Gasteiger partial charge in [-0.15, -0.1) is 0 Å². The molecule has 2 N–H and O–H groups in total. The number of carbonyl (C=O) groups excluding carboxylic acids is 4. The van der Waals surface area contributed by atoms with Gasteiger partial charge in [0, 0.05) is 63.5 Å². The summed E-state index contributed by atoms with van der Waals surface area (Å²) in [4.78, 5) is 60.0. The van der Waals surface area contributed by atoms with Gasteiger partial charge in [0.2, 0.25) is 11.2 Å². The third-order valence-corrected chi connectivity index (χ3v) is 10.1. The van der Waals surface area contributed by atoms with Gasteiger partial charge >= 0.3 is 11.9 Å². The Bertz CT molecular complexity index is 2860. The van der Waals surface area contributed by atoms with E-state index in [0.29, 0.717) is 68.8 Å². The lowest BCUT2D eigenvalue weighted by Gasteiger charge is -2.13. The molecule has 308 valence electrons. The third kappa shape index (κ3) is 7.86. The Balaban J connectivity index is 0.000000186. The van der Waals surface area contributed by atoms with Crippen LogP contribution in [0.5, 0.6) is 0 Å². The van der Waals surface area contributed by atoms with Crippen molar-refractivity contribution in [3.63, 3.8) is 0 Å². The van der Waals surface area contributed by atoms with E-state index in [9.17, 15) is 39.9 Å². The minimum absolute atomic E-state index is 0.0921. The molecule has 0 saturated carbocycles. The predicted molar refractivity (Wildman–Crippen MR) is 218 cm³/mol. The number of aliphatic hydroxyl groups is 2. The van der Waals surface area contributed by atoms with E-state index < -0.39 is 35.0 Å². The van der Waals surface area contributed by atoms with Crippen LogP contribution in [-0.2, 0) is 19.1 Å². The molecule has 0 bridgehead atoms. The van der Waals surface area contributed by atoms with Crippen molar-refractivity contribution in [2.24, 2.45) is 0 Å². The molecule has 2 saturated heterocycles. The van der Waals surface area contributed by atoms with E-state index in [2.05, 4.69) is 56.0 Å². The molecule has 18 heteroatoms. The molecule has 2 aromatic carbocycles. The van der Waals surface area contributed by atoms with E-state index in [0.717, 1.165) is 0 Å². The number of aromatic nitrogens is 6. The number of rotatable bonds is 4. The van der Waals surface area contributed by atoms with Gasteiger partial charge in [-0.05, 0) is 60.7 Å². The van der Waals surface area contributed by atoms with Gasteiger partial charge in [0.25, 0.3) is 11.8 Å². The van der Waals surface area contributed by atoms with Gasteiger partial charge in [-0.25, -0.2) is 28.9 Å². The van der Waals surface area contributed by atoms with Crippen molar-refractivity contribution in [1.29, 1.82) is 10.5 Å². The number of carbonyl (C=O) groups is 4. The Morgan fingerprint density at radius 3 is 1.39 bits per heavy atom. The first kappa shape index (κ1) is 41.7.